The lowest BCUT2D eigenvalue weighted by Crippen LogP contribution is -2.54. The van der Waals surface area contributed by atoms with E-state index >= 15 is 0 Å². The lowest BCUT2D eigenvalue weighted by molar-refractivity contribution is -0.384. The molecule has 1 fully saturated rings. The molecule has 26 heavy (non-hydrogen) atoms. The molecule has 0 aliphatic carbocycles. The van der Waals surface area contributed by atoms with Crippen LogP contribution in [0.15, 0.2) is 29.4 Å². The third-order valence-electron chi connectivity index (χ3n) is 4.95. The highest BCUT2D eigenvalue weighted by Gasteiger charge is 2.42. The largest absolute Gasteiger partial charge is 0.339 e. The van der Waals surface area contributed by atoms with E-state index in [-0.39, 0.29) is 11.6 Å². The number of carbonyl (C=O) groups excluding carboxylic acids is 2. The van der Waals surface area contributed by atoms with Crippen molar-refractivity contribution in [3.63, 3.8) is 0 Å². The van der Waals surface area contributed by atoms with Crippen molar-refractivity contribution in [3.8, 4) is 0 Å². The van der Waals surface area contributed by atoms with Crippen molar-refractivity contribution in [1.29, 1.82) is 0 Å². The number of nitrogens with one attached hydrogen (secondary N) is 1. The minimum atomic E-state index is -0.919. The molecule has 1 aromatic carbocycles. The van der Waals surface area contributed by atoms with Gasteiger partial charge in [0.25, 0.3) is 11.6 Å². The molecule has 9 nitrogen and oxygen atoms in total. The fraction of sp³-hybridized carbons (Fsp3) is 0.471. The lowest BCUT2D eigenvalue weighted by atomic mass is 9.80. The molecule has 2 aliphatic rings. The molecular weight excluding hydrogens is 338 g/mol. The van der Waals surface area contributed by atoms with Gasteiger partial charge < -0.3 is 9.80 Å². The number of nitro benzene ring substituents is 1. The standard InChI is InChI=1S/C17H21N5O4/c1-11-14(12-3-5-13(6-4-12)22(25)26)15(16(23)19-18-11)17(24)21-9-7-20(2)8-10-21/h3-6,14-15H,7-10H2,1-2H3,(H,19,23). The summed E-state index contributed by atoms with van der Waals surface area (Å²) >= 11 is 0. The van der Waals surface area contributed by atoms with Gasteiger partial charge in [0.1, 0.15) is 5.92 Å². The van der Waals surface area contributed by atoms with Crippen LogP contribution in [0.4, 0.5) is 5.69 Å². The average molecular weight is 359 g/mol. The smallest absolute Gasteiger partial charge is 0.269 e. The van der Waals surface area contributed by atoms with E-state index in [1.807, 2.05) is 7.05 Å². The normalized spacial score (nSPS) is 24.0. The Labute approximate surface area is 150 Å². The number of non-ortho nitro benzene ring substituents is 1. The van der Waals surface area contributed by atoms with Crippen molar-refractivity contribution in [2.24, 2.45) is 11.0 Å². The van der Waals surface area contributed by atoms with Crippen LogP contribution in [0.2, 0.25) is 0 Å². The van der Waals surface area contributed by atoms with Gasteiger partial charge in [-0.2, -0.15) is 5.10 Å². The highest BCUT2D eigenvalue weighted by molar-refractivity contribution is 6.09. The topological polar surface area (TPSA) is 108 Å². The zero-order chi connectivity index (χ0) is 18.8. The summed E-state index contributed by atoms with van der Waals surface area (Å²) in [6.45, 7) is 4.41. The van der Waals surface area contributed by atoms with E-state index in [1.165, 1.54) is 12.1 Å². The molecule has 2 heterocycles. The van der Waals surface area contributed by atoms with E-state index in [4.69, 9.17) is 0 Å². The first-order chi connectivity index (χ1) is 12.4. The number of benzene rings is 1. The van der Waals surface area contributed by atoms with Crippen LogP contribution < -0.4 is 5.43 Å². The number of piperazine rings is 1. The van der Waals surface area contributed by atoms with Crippen LogP contribution in [0.25, 0.3) is 0 Å². The van der Waals surface area contributed by atoms with Gasteiger partial charge in [-0.15, -0.1) is 0 Å². The highest BCUT2D eigenvalue weighted by atomic mass is 16.6. The second-order valence-electron chi connectivity index (χ2n) is 6.66. The average Bonchev–Trinajstić information content (AvgIpc) is 2.63. The maximum Gasteiger partial charge on any atom is 0.269 e. The van der Waals surface area contributed by atoms with E-state index in [0.29, 0.717) is 24.4 Å². The molecule has 1 N–H and O–H groups in total. The van der Waals surface area contributed by atoms with E-state index in [1.54, 1.807) is 24.0 Å². The predicted molar refractivity (Wildman–Crippen MR) is 94.7 cm³/mol. The van der Waals surface area contributed by atoms with Crippen molar-refractivity contribution in [3.05, 3.63) is 39.9 Å². The molecule has 2 aliphatic heterocycles. The summed E-state index contributed by atoms with van der Waals surface area (Å²) in [4.78, 5) is 39.7. The Balaban J connectivity index is 1.90. The molecule has 1 saturated heterocycles. The highest BCUT2D eigenvalue weighted by Crippen LogP contribution is 2.32. The van der Waals surface area contributed by atoms with Gasteiger partial charge in [-0.1, -0.05) is 12.1 Å². The van der Waals surface area contributed by atoms with Gasteiger partial charge in [0, 0.05) is 49.9 Å². The molecule has 9 heteroatoms. The molecule has 0 aromatic heterocycles. The van der Waals surface area contributed by atoms with Gasteiger partial charge in [0.2, 0.25) is 5.91 Å². The molecule has 2 unspecified atom stereocenters. The number of hydrogen-bond donors (Lipinski definition) is 1. The van der Waals surface area contributed by atoms with E-state index in [2.05, 4.69) is 15.4 Å². The minimum Gasteiger partial charge on any atom is -0.339 e. The Bertz CT molecular complexity index is 753. The van der Waals surface area contributed by atoms with Gasteiger partial charge in [0.15, 0.2) is 0 Å². The summed E-state index contributed by atoms with van der Waals surface area (Å²) in [5.41, 5.74) is 3.65. The van der Waals surface area contributed by atoms with Crippen LogP contribution in [0.1, 0.15) is 18.4 Å². The van der Waals surface area contributed by atoms with Crippen LogP contribution >= 0.6 is 0 Å². The van der Waals surface area contributed by atoms with Gasteiger partial charge >= 0.3 is 0 Å². The van der Waals surface area contributed by atoms with E-state index in [0.717, 1.165) is 13.1 Å². The fourth-order valence-corrected chi connectivity index (χ4v) is 3.39. The van der Waals surface area contributed by atoms with Crippen LogP contribution in [0.5, 0.6) is 0 Å². The summed E-state index contributed by atoms with van der Waals surface area (Å²) in [5.74, 6) is -2.12. The first-order valence-corrected chi connectivity index (χ1v) is 8.44. The molecular formula is C17H21N5O4. The maximum atomic E-state index is 13.1. The van der Waals surface area contributed by atoms with E-state index < -0.39 is 22.7 Å². The Kier molecular flexibility index (Phi) is 4.99. The minimum absolute atomic E-state index is 0.0365. The molecule has 1 aromatic rings. The lowest BCUT2D eigenvalue weighted by Gasteiger charge is -2.37. The third kappa shape index (κ3) is 3.43. The van der Waals surface area contributed by atoms with Crippen molar-refractivity contribution >= 4 is 23.2 Å². The summed E-state index contributed by atoms with van der Waals surface area (Å²) in [6, 6.07) is 5.94. The van der Waals surface area contributed by atoms with Gasteiger partial charge in [-0.25, -0.2) is 5.43 Å². The number of hydrogen-bond acceptors (Lipinski definition) is 6. The summed E-state index contributed by atoms with van der Waals surface area (Å²) in [6.07, 6.45) is 0. The van der Waals surface area contributed by atoms with Crippen molar-refractivity contribution in [2.45, 2.75) is 12.8 Å². The summed E-state index contributed by atoms with van der Waals surface area (Å²) < 4.78 is 0. The van der Waals surface area contributed by atoms with Gasteiger partial charge in [0.05, 0.1) is 4.92 Å². The molecule has 0 spiro atoms. The number of amides is 2. The zero-order valence-corrected chi connectivity index (χ0v) is 14.7. The monoisotopic (exact) mass is 359 g/mol. The number of likely N-dealkylation sites (N-methyl/N-ethyl adjacent to an activating group) is 1. The molecule has 138 valence electrons. The Morgan fingerprint density at radius 2 is 1.85 bits per heavy atom. The third-order valence-corrected chi connectivity index (χ3v) is 4.95. The number of nitro groups is 1. The van der Waals surface area contributed by atoms with E-state index in [9.17, 15) is 19.7 Å². The fourth-order valence-electron chi connectivity index (χ4n) is 3.39. The molecule has 2 amide bonds. The molecule has 0 radical (unpaired) electrons. The zero-order valence-electron chi connectivity index (χ0n) is 14.7. The molecule has 2 atom stereocenters. The Hall–Kier alpha value is -2.81. The second kappa shape index (κ2) is 7.20. The van der Waals surface area contributed by atoms with Crippen LogP contribution in [-0.4, -0.2) is 65.5 Å². The quantitative estimate of drug-likeness (QED) is 0.482. The van der Waals surface area contributed by atoms with Gasteiger partial charge in [-0.3, -0.25) is 19.7 Å². The Morgan fingerprint density at radius 1 is 1.23 bits per heavy atom. The molecule has 0 saturated carbocycles. The number of carbonyl (C=O) groups is 2. The Morgan fingerprint density at radius 3 is 2.42 bits per heavy atom. The number of rotatable bonds is 3. The SMILES string of the molecule is CC1=NNC(=O)C(C(=O)N2CCN(C)CC2)C1c1ccc([N+](=O)[O-])cc1. The predicted octanol–water partition coefficient (Wildman–Crippen LogP) is 0.574. The van der Waals surface area contributed by atoms with Gasteiger partial charge in [-0.05, 0) is 19.5 Å². The first-order valence-electron chi connectivity index (χ1n) is 8.44. The number of nitrogens with zero attached hydrogens (tertiary/aromatic N) is 4. The van der Waals surface area contributed by atoms with Crippen LogP contribution in [0.3, 0.4) is 0 Å². The number of hydrazone groups is 1. The first kappa shape index (κ1) is 18.0. The summed E-state index contributed by atoms with van der Waals surface area (Å²) in [7, 11) is 1.99. The molecule has 0 bridgehead atoms. The van der Waals surface area contributed by atoms with Crippen molar-refractivity contribution < 1.29 is 14.5 Å². The summed E-state index contributed by atoms with van der Waals surface area (Å²) in [5, 5.41) is 14.9. The maximum absolute atomic E-state index is 13.1. The van der Waals surface area contributed by atoms with Crippen molar-refractivity contribution in [1.82, 2.24) is 15.2 Å². The second-order valence-corrected chi connectivity index (χ2v) is 6.66. The van der Waals surface area contributed by atoms with Crippen LogP contribution in [-0.2, 0) is 9.59 Å². The van der Waals surface area contributed by atoms with Crippen LogP contribution in [0, 0.1) is 16.0 Å². The molecule has 3 rings (SSSR count). The van der Waals surface area contributed by atoms with Crippen molar-refractivity contribution in [2.75, 3.05) is 33.2 Å².